The molecule has 0 unspecified atom stereocenters. The van der Waals surface area contributed by atoms with Crippen LogP contribution in [0.4, 0.5) is 11.6 Å². The minimum atomic E-state index is -0.105. The monoisotopic (exact) mass is 557 g/mol. The van der Waals surface area contributed by atoms with E-state index in [2.05, 4.69) is 35.4 Å². The normalized spacial score (nSPS) is 14.1. The number of amides is 1. The molecule has 1 fully saturated rings. The van der Waals surface area contributed by atoms with E-state index in [-0.39, 0.29) is 36.3 Å². The van der Waals surface area contributed by atoms with Gasteiger partial charge in [-0.25, -0.2) is 9.97 Å². The summed E-state index contributed by atoms with van der Waals surface area (Å²) in [5.41, 5.74) is 1.68. The highest BCUT2D eigenvalue weighted by Crippen LogP contribution is 2.22. The van der Waals surface area contributed by atoms with Gasteiger partial charge < -0.3 is 20.4 Å². The van der Waals surface area contributed by atoms with Gasteiger partial charge in [-0.15, -0.1) is 24.0 Å². The van der Waals surface area contributed by atoms with Gasteiger partial charge in [-0.2, -0.15) is 0 Å². The summed E-state index contributed by atoms with van der Waals surface area (Å²) in [5.74, 6) is 1.48. The van der Waals surface area contributed by atoms with E-state index in [0.717, 1.165) is 50.2 Å². The number of guanidine groups is 1. The molecule has 0 saturated carbocycles. The molecule has 0 radical (unpaired) electrons. The van der Waals surface area contributed by atoms with Gasteiger partial charge in [0.2, 0.25) is 11.9 Å². The van der Waals surface area contributed by atoms with Crippen molar-refractivity contribution in [1.29, 1.82) is 0 Å². The molecule has 3 rings (SSSR count). The number of anilines is 2. The van der Waals surface area contributed by atoms with Crippen molar-refractivity contribution in [2.45, 2.75) is 20.3 Å². The molecule has 1 saturated heterocycles. The maximum Gasteiger partial charge on any atom is 0.226 e. The Bertz CT molecular complexity index is 873. The van der Waals surface area contributed by atoms with Gasteiger partial charge in [0.25, 0.3) is 0 Å². The highest BCUT2D eigenvalue weighted by molar-refractivity contribution is 14.0. The molecule has 1 amide bonds. The van der Waals surface area contributed by atoms with Crippen molar-refractivity contribution in [2.75, 3.05) is 49.5 Å². The Labute approximate surface area is 205 Å². The minimum Gasteiger partial charge on any atom is -0.357 e. The number of aryl methyl sites for hydroxylation is 1. The van der Waals surface area contributed by atoms with Crippen LogP contribution in [0.1, 0.15) is 18.9 Å². The Kier molecular flexibility index (Phi) is 10.3. The summed E-state index contributed by atoms with van der Waals surface area (Å²) >= 11 is 6.19. The first kappa shape index (κ1) is 25.1. The van der Waals surface area contributed by atoms with Gasteiger partial charge in [-0.1, -0.05) is 17.7 Å². The number of piperazine rings is 1. The van der Waals surface area contributed by atoms with Gasteiger partial charge >= 0.3 is 0 Å². The summed E-state index contributed by atoms with van der Waals surface area (Å²) in [6, 6.07) is 7.39. The molecule has 0 atom stereocenters. The first-order chi connectivity index (χ1) is 14.6. The maximum absolute atomic E-state index is 12.3. The number of carbonyl (C=O) groups is 1. The molecule has 0 bridgehead atoms. The van der Waals surface area contributed by atoms with Crippen molar-refractivity contribution in [3.05, 3.63) is 47.2 Å². The Balaban J connectivity index is 0.00000341. The summed E-state index contributed by atoms with van der Waals surface area (Å²) < 4.78 is 0. The molecule has 2 heterocycles. The van der Waals surface area contributed by atoms with E-state index in [0.29, 0.717) is 17.3 Å². The average molecular weight is 558 g/mol. The fraction of sp³-hybridized carbons (Fsp3) is 0.429. The molecule has 168 valence electrons. The Hall–Kier alpha value is -2.14. The molecule has 1 aromatic heterocycles. The van der Waals surface area contributed by atoms with Crippen molar-refractivity contribution in [3.8, 4) is 0 Å². The van der Waals surface area contributed by atoms with Crippen LogP contribution in [-0.2, 0) is 4.79 Å². The lowest BCUT2D eigenvalue weighted by atomic mass is 10.2. The second-order valence-corrected chi connectivity index (χ2v) is 7.45. The predicted molar refractivity (Wildman–Crippen MR) is 137 cm³/mol. The van der Waals surface area contributed by atoms with Crippen LogP contribution in [0.2, 0.25) is 5.02 Å². The summed E-state index contributed by atoms with van der Waals surface area (Å²) in [4.78, 5) is 29.9. The zero-order valence-corrected chi connectivity index (χ0v) is 20.9. The molecule has 0 spiro atoms. The molecule has 2 aromatic rings. The Morgan fingerprint density at radius 3 is 2.55 bits per heavy atom. The molecule has 10 heteroatoms. The number of carbonyl (C=O) groups excluding carboxylic acids is 1. The number of rotatable bonds is 6. The van der Waals surface area contributed by atoms with Crippen LogP contribution in [0.5, 0.6) is 0 Å². The standard InChI is InChI=1S/C21H28ClN7O.HI/c1-3-23-20(28-11-13-29(14-12-28)21-24-8-4-9-25-21)26-10-7-19(30)27-18-6-5-16(2)15-17(18)22;/h4-6,8-9,15H,3,7,10-14H2,1-2H3,(H,23,26)(H,27,30);1H. The van der Waals surface area contributed by atoms with Crippen LogP contribution < -0.4 is 15.5 Å². The van der Waals surface area contributed by atoms with E-state index in [1.807, 2.05) is 38.1 Å². The van der Waals surface area contributed by atoms with Crippen LogP contribution in [0.15, 0.2) is 41.7 Å². The average Bonchev–Trinajstić information content (AvgIpc) is 2.76. The van der Waals surface area contributed by atoms with Gasteiger partial charge in [-0.05, 0) is 37.6 Å². The number of hydrogen-bond acceptors (Lipinski definition) is 5. The molecular formula is C21H29ClIN7O. The van der Waals surface area contributed by atoms with Crippen LogP contribution >= 0.6 is 35.6 Å². The lowest BCUT2D eigenvalue weighted by Gasteiger charge is -2.36. The molecule has 1 aromatic carbocycles. The number of aromatic nitrogens is 2. The summed E-state index contributed by atoms with van der Waals surface area (Å²) in [7, 11) is 0. The first-order valence-electron chi connectivity index (χ1n) is 10.2. The zero-order valence-electron chi connectivity index (χ0n) is 17.8. The number of nitrogens with zero attached hydrogens (tertiary/aromatic N) is 5. The highest BCUT2D eigenvalue weighted by Gasteiger charge is 2.21. The fourth-order valence-corrected chi connectivity index (χ4v) is 3.48. The van der Waals surface area contributed by atoms with Crippen LogP contribution in [0.25, 0.3) is 0 Å². The molecule has 31 heavy (non-hydrogen) atoms. The van der Waals surface area contributed by atoms with Crippen LogP contribution in [0.3, 0.4) is 0 Å². The molecule has 1 aliphatic heterocycles. The van der Waals surface area contributed by atoms with Crippen LogP contribution in [-0.4, -0.2) is 66.0 Å². The maximum atomic E-state index is 12.3. The Morgan fingerprint density at radius 2 is 1.90 bits per heavy atom. The number of halogens is 2. The third kappa shape index (κ3) is 7.49. The van der Waals surface area contributed by atoms with Gasteiger partial charge in [-0.3, -0.25) is 9.79 Å². The predicted octanol–water partition coefficient (Wildman–Crippen LogP) is 3.17. The molecular weight excluding hydrogens is 529 g/mol. The molecule has 1 aliphatic rings. The van der Waals surface area contributed by atoms with Crippen molar-refractivity contribution in [2.24, 2.45) is 4.99 Å². The quantitative estimate of drug-likeness (QED) is 0.322. The van der Waals surface area contributed by atoms with Gasteiger partial charge in [0, 0.05) is 51.5 Å². The topological polar surface area (TPSA) is 85.8 Å². The third-order valence-corrected chi connectivity index (χ3v) is 5.06. The minimum absolute atomic E-state index is 0. The van der Waals surface area contributed by atoms with Crippen molar-refractivity contribution in [1.82, 2.24) is 20.2 Å². The number of nitrogens with one attached hydrogen (secondary N) is 2. The zero-order chi connectivity index (χ0) is 21.3. The largest absolute Gasteiger partial charge is 0.357 e. The Morgan fingerprint density at radius 1 is 1.19 bits per heavy atom. The van der Waals surface area contributed by atoms with E-state index < -0.39 is 0 Å². The molecule has 2 N–H and O–H groups in total. The second kappa shape index (κ2) is 12.7. The van der Waals surface area contributed by atoms with Crippen molar-refractivity contribution in [3.63, 3.8) is 0 Å². The molecule has 8 nitrogen and oxygen atoms in total. The number of aliphatic imine (C=N–C) groups is 1. The SMILES string of the molecule is CCNC(=NCCC(=O)Nc1ccc(C)cc1Cl)N1CCN(c2ncccn2)CC1.I. The smallest absolute Gasteiger partial charge is 0.226 e. The van der Waals surface area contributed by atoms with E-state index in [1.54, 1.807) is 12.4 Å². The third-order valence-electron chi connectivity index (χ3n) is 4.75. The fourth-order valence-electron chi connectivity index (χ4n) is 3.20. The first-order valence-corrected chi connectivity index (χ1v) is 10.6. The van der Waals surface area contributed by atoms with Gasteiger partial charge in [0.1, 0.15) is 0 Å². The van der Waals surface area contributed by atoms with Crippen molar-refractivity contribution < 1.29 is 4.79 Å². The second-order valence-electron chi connectivity index (χ2n) is 7.04. The number of benzene rings is 1. The van der Waals surface area contributed by atoms with Gasteiger partial charge in [0.05, 0.1) is 17.3 Å². The summed E-state index contributed by atoms with van der Waals surface area (Å²) in [6.45, 7) is 8.44. The van der Waals surface area contributed by atoms with Crippen molar-refractivity contribution >= 4 is 59.1 Å². The van der Waals surface area contributed by atoms with Gasteiger partial charge in [0.15, 0.2) is 5.96 Å². The molecule has 0 aliphatic carbocycles. The lowest BCUT2D eigenvalue weighted by molar-refractivity contribution is -0.116. The van der Waals surface area contributed by atoms with E-state index >= 15 is 0 Å². The van der Waals surface area contributed by atoms with E-state index in [9.17, 15) is 4.79 Å². The van der Waals surface area contributed by atoms with Crippen LogP contribution in [0, 0.1) is 6.92 Å². The lowest BCUT2D eigenvalue weighted by Crippen LogP contribution is -2.53. The number of hydrogen-bond donors (Lipinski definition) is 2. The van der Waals surface area contributed by atoms with E-state index in [4.69, 9.17) is 11.6 Å². The highest BCUT2D eigenvalue weighted by atomic mass is 127. The van der Waals surface area contributed by atoms with E-state index in [1.165, 1.54) is 0 Å². The summed E-state index contributed by atoms with van der Waals surface area (Å²) in [5, 5.41) is 6.71. The summed E-state index contributed by atoms with van der Waals surface area (Å²) in [6.07, 6.45) is 3.81.